The van der Waals surface area contributed by atoms with E-state index in [1.54, 1.807) is 24.5 Å². The average Bonchev–Trinajstić information content (AvgIpc) is 3.32. The van der Waals surface area contributed by atoms with E-state index in [0.717, 1.165) is 24.1 Å². The molecule has 132 valence electrons. The number of amides is 1. The van der Waals surface area contributed by atoms with Crippen LogP contribution in [0.5, 0.6) is 0 Å². The van der Waals surface area contributed by atoms with Crippen LogP contribution in [-0.2, 0) is 4.79 Å². The quantitative estimate of drug-likeness (QED) is 0.767. The number of nitrogens with one attached hydrogen (secondary N) is 1. The second kappa shape index (κ2) is 6.67. The van der Waals surface area contributed by atoms with Gasteiger partial charge in [0.15, 0.2) is 6.04 Å². The smallest absolute Gasteiger partial charge is 0.249 e. The fraction of sp³-hybridized carbons (Fsp3) is 0.263. The summed E-state index contributed by atoms with van der Waals surface area (Å²) in [6, 6.07) is 9.18. The van der Waals surface area contributed by atoms with Gasteiger partial charge >= 0.3 is 0 Å². The normalized spacial score (nSPS) is 14.8. The maximum Gasteiger partial charge on any atom is 0.249 e. The van der Waals surface area contributed by atoms with E-state index in [-0.39, 0.29) is 17.8 Å². The first-order chi connectivity index (χ1) is 12.6. The molecule has 2 aromatic heterocycles. The van der Waals surface area contributed by atoms with E-state index in [0.29, 0.717) is 11.3 Å². The molecule has 2 heterocycles. The van der Waals surface area contributed by atoms with Gasteiger partial charge in [0, 0.05) is 12.2 Å². The maximum atomic E-state index is 13.3. The molecule has 1 aliphatic rings. The van der Waals surface area contributed by atoms with Crippen LogP contribution in [0, 0.1) is 12.7 Å². The summed E-state index contributed by atoms with van der Waals surface area (Å²) in [5, 5.41) is 11.3. The lowest BCUT2D eigenvalue weighted by Gasteiger charge is -2.17. The van der Waals surface area contributed by atoms with Crippen molar-refractivity contribution in [2.45, 2.75) is 31.8 Å². The molecule has 0 spiro atoms. The Morgan fingerprint density at radius 3 is 2.73 bits per heavy atom. The average molecular weight is 351 g/mol. The molecule has 1 saturated carbocycles. The first kappa shape index (κ1) is 16.4. The number of nitrogens with zero attached hydrogens (tertiary/aromatic N) is 4. The highest BCUT2D eigenvalue weighted by Gasteiger charge is 2.30. The van der Waals surface area contributed by atoms with Crippen LogP contribution in [0.3, 0.4) is 0 Å². The fourth-order valence-corrected chi connectivity index (χ4v) is 2.84. The molecule has 0 aliphatic heterocycles. The van der Waals surface area contributed by atoms with E-state index in [2.05, 4.69) is 20.6 Å². The maximum absolute atomic E-state index is 13.3. The molecule has 3 aromatic rings. The van der Waals surface area contributed by atoms with Gasteiger partial charge in [0.05, 0.1) is 11.9 Å². The highest BCUT2D eigenvalue weighted by atomic mass is 19.1. The Morgan fingerprint density at radius 2 is 2.04 bits per heavy atom. The highest BCUT2D eigenvalue weighted by Crippen LogP contribution is 2.25. The minimum absolute atomic E-state index is 0.173. The molecule has 1 N–H and O–H groups in total. The second-order valence-electron chi connectivity index (χ2n) is 6.49. The highest BCUT2D eigenvalue weighted by molar-refractivity contribution is 5.84. The topological polar surface area (TPSA) is 72.7 Å². The summed E-state index contributed by atoms with van der Waals surface area (Å²) in [6.07, 6.45) is 5.36. The van der Waals surface area contributed by atoms with Crippen LogP contribution in [0.15, 0.2) is 48.8 Å². The number of pyridine rings is 1. The van der Waals surface area contributed by atoms with Gasteiger partial charge in [-0.05, 0) is 49.1 Å². The number of rotatable bonds is 5. The van der Waals surface area contributed by atoms with Crippen LogP contribution < -0.4 is 5.32 Å². The minimum Gasteiger partial charge on any atom is -0.351 e. The van der Waals surface area contributed by atoms with Gasteiger partial charge in [0.1, 0.15) is 11.5 Å². The molecule has 6 nitrogen and oxygen atoms in total. The lowest BCUT2D eigenvalue weighted by atomic mass is 10.1. The number of benzene rings is 1. The zero-order chi connectivity index (χ0) is 18.1. The lowest BCUT2D eigenvalue weighted by molar-refractivity contribution is -0.123. The number of hydrogen-bond acceptors (Lipinski definition) is 4. The number of aromatic nitrogens is 4. The molecule has 26 heavy (non-hydrogen) atoms. The number of hydrogen-bond donors (Lipinski definition) is 1. The molecule has 1 atom stereocenters. The van der Waals surface area contributed by atoms with Crippen molar-refractivity contribution in [2.24, 2.45) is 0 Å². The molecule has 0 saturated heterocycles. The monoisotopic (exact) mass is 351 g/mol. The lowest BCUT2D eigenvalue weighted by Crippen LogP contribution is -2.35. The second-order valence-corrected chi connectivity index (χ2v) is 6.49. The SMILES string of the molecule is Cc1cccnc1-c1cn(C(C(=O)NC2CC2)c2ccc(F)cc2)nn1. The van der Waals surface area contributed by atoms with Gasteiger partial charge < -0.3 is 5.32 Å². The number of carbonyl (C=O) groups excluding carboxylic acids is 1. The predicted octanol–water partition coefficient (Wildman–Crippen LogP) is 2.66. The Labute approximate surface area is 150 Å². The van der Waals surface area contributed by atoms with Crippen molar-refractivity contribution in [3.8, 4) is 11.4 Å². The summed E-state index contributed by atoms with van der Waals surface area (Å²) < 4.78 is 14.8. The Balaban J connectivity index is 1.70. The van der Waals surface area contributed by atoms with Gasteiger partial charge in [-0.2, -0.15) is 0 Å². The van der Waals surface area contributed by atoms with Crippen LogP contribution in [0.2, 0.25) is 0 Å². The first-order valence-electron chi connectivity index (χ1n) is 8.51. The summed E-state index contributed by atoms with van der Waals surface area (Å²) in [4.78, 5) is 17.1. The molecule has 1 aliphatic carbocycles. The van der Waals surface area contributed by atoms with Crippen molar-refractivity contribution < 1.29 is 9.18 Å². The number of carbonyl (C=O) groups is 1. The van der Waals surface area contributed by atoms with Gasteiger partial charge in [-0.1, -0.05) is 23.4 Å². The van der Waals surface area contributed by atoms with Crippen molar-refractivity contribution in [1.82, 2.24) is 25.3 Å². The van der Waals surface area contributed by atoms with Crippen LogP contribution in [0.1, 0.15) is 30.0 Å². The summed E-state index contributed by atoms with van der Waals surface area (Å²) in [5.74, 6) is -0.521. The van der Waals surface area contributed by atoms with Gasteiger partial charge in [-0.3, -0.25) is 9.78 Å². The van der Waals surface area contributed by atoms with E-state index >= 15 is 0 Å². The molecular weight excluding hydrogens is 333 g/mol. The van der Waals surface area contributed by atoms with E-state index in [9.17, 15) is 9.18 Å². The van der Waals surface area contributed by atoms with E-state index in [1.807, 2.05) is 19.1 Å². The van der Waals surface area contributed by atoms with Crippen LogP contribution in [0.4, 0.5) is 4.39 Å². The molecular formula is C19H18FN5O. The van der Waals surface area contributed by atoms with Crippen molar-refractivity contribution in [3.63, 3.8) is 0 Å². The zero-order valence-corrected chi connectivity index (χ0v) is 14.3. The largest absolute Gasteiger partial charge is 0.351 e. The Hall–Kier alpha value is -3.09. The van der Waals surface area contributed by atoms with Crippen molar-refractivity contribution in [1.29, 1.82) is 0 Å². The van der Waals surface area contributed by atoms with E-state index < -0.39 is 6.04 Å². The third kappa shape index (κ3) is 3.33. The molecule has 1 unspecified atom stereocenters. The molecule has 0 bridgehead atoms. The number of halogens is 1. The van der Waals surface area contributed by atoms with Gasteiger partial charge in [-0.25, -0.2) is 9.07 Å². The summed E-state index contributed by atoms with van der Waals surface area (Å²) >= 11 is 0. The first-order valence-corrected chi connectivity index (χ1v) is 8.51. The Kier molecular flexibility index (Phi) is 4.20. The molecule has 7 heteroatoms. The molecule has 1 amide bonds. The van der Waals surface area contributed by atoms with Crippen LogP contribution >= 0.6 is 0 Å². The molecule has 0 radical (unpaired) electrons. The summed E-state index contributed by atoms with van der Waals surface area (Å²) in [7, 11) is 0. The zero-order valence-electron chi connectivity index (χ0n) is 14.3. The molecule has 1 fully saturated rings. The Morgan fingerprint density at radius 1 is 1.27 bits per heavy atom. The van der Waals surface area contributed by atoms with Crippen LogP contribution in [-0.4, -0.2) is 31.9 Å². The minimum atomic E-state index is -0.707. The van der Waals surface area contributed by atoms with E-state index in [1.165, 1.54) is 16.8 Å². The van der Waals surface area contributed by atoms with Crippen molar-refractivity contribution in [2.75, 3.05) is 0 Å². The van der Waals surface area contributed by atoms with E-state index in [4.69, 9.17) is 0 Å². The molecule has 1 aromatic carbocycles. The van der Waals surface area contributed by atoms with Crippen molar-refractivity contribution in [3.05, 3.63) is 65.7 Å². The van der Waals surface area contributed by atoms with Crippen molar-refractivity contribution >= 4 is 5.91 Å². The Bertz CT molecular complexity index is 933. The summed E-state index contributed by atoms with van der Waals surface area (Å²) in [6.45, 7) is 1.94. The van der Waals surface area contributed by atoms with Gasteiger partial charge in [0.2, 0.25) is 5.91 Å². The van der Waals surface area contributed by atoms with Gasteiger partial charge in [-0.15, -0.1) is 5.10 Å². The fourth-order valence-electron chi connectivity index (χ4n) is 2.84. The predicted molar refractivity (Wildman–Crippen MR) is 93.7 cm³/mol. The molecule has 4 rings (SSSR count). The standard InChI is InChI=1S/C19H18FN5O/c1-12-3-2-10-21-17(12)16-11-25(24-23-16)18(19(26)22-15-8-9-15)13-4-6-14(20)7-5-13/h2-7,10-11,15,18H,8-9H2,1H3,(H,22,26). The third-order valence-electron chi connectivity index (χ3n) is 4.38. The van der Waals surface area contributed by atoms with Crippen LogP contribution in [0.25, 0.3) is 11.4 Å². The van der Waals surface area contributed by atoms with Gasteiger partial charge in [0.25, 0.3) is 0 Å². The third-order valence-corrected chi connectivity index (χ3v) is 4.38. The summed E-state index contributed by atoms with van der Waals surface area (Å²) in [5.41, 5.74) is 2.94. The number of aryl methyl sites for hydroxylation is 1.